The van der Waals surface area contributed by atoms with Crippen LogP contribution in [-0.4, -0.2) is 21.7 Å². The minimum atomic E-state index is -1.54. The molecule has 1 heterocycles. The zero-order valence-electron chi connectivity index (χ0n) is 7.84. The molecule has 0 fully saturated rings. The summed E-state index contributed by atoms with van der Waals surface area (Å²) in [6.07, 6.45) is 3.24. The maximum absolute atomic E-state index is 9.02. The van der Waals surface area contributed by atoms with E-state index in [1.807, 2.05) is 30.3 Å². The van der Waals surface area contributed by atoms with E-state index in [0.29, 0.717) is 10.5 Å². The van der Waals surface area contributed by atoms with Crippen LogP contribution in [0.1, 0.15) is 0 Å². The maximum atomic E-state index is 9.02. The number of hydrogen-bond acceptors (Lipinski definition) is 2. The minimum Gasteiger partial charge on any atom is -0.423 e. The lowest BCUT2D eigenvalue weighted by atomic mass is 9.83. The van der Waals surface area contributed by atoms with Crippen molar-refractivity contribution in [3.05, 3.63) is 47.7 Å². The molecular weight excluding hydrogens is 212 g/mol. The van der Waals surface area contributed by atoms with Crippen LogP contribution < -0.4 is 5.46 Å². The van der Waals surface area contributed by atoms with Crippen molar-refractivity contribution >= 4 is 24.2 Å². The van der Waals surface area contributed by atoms with Crippen molar-refractivity contribution < 1.29 is 10.0 Å². The van der Waals surface area contributed by atoms with Gasteiger partial charge in [0.05, 0.1) is 5.02 Å². The van der Waals surface area contributed by atoms with Crippen molar-refractivity contribution in [2.75, 3.05) is 0 Å². The van der Waals surface area contributed by atoms with Gasteiger partial charge in [-0.1, -0.05) is 29.8 Å². The first-order chi connectivity index (χ1) is 7.18. The Morgan fingerprint density at radius 1 is 1.07 bits per heavy atom. The van der Waals surface area contributed by atoms with Crippen molar-refractivity contribution in [2.24, 2.45) is 0 Å². The minimum absolute atomic E-state index is 0.306. The number of nitrogens with zero attached hydrogens (tertiary/aromatic N) is 1. The first kappa shape index (κ1) is 10.3. The van der Waals surface area contributed by atoms with Crippen LogP contribution in [0.5, 0.6) is 0 Å². The second kappa shape index (κ2) is 4.10. The number of halogens is 1. The van der Waals surface area contributed by atoms with E-state index in [1.54, 1.807) is 17.0 Å². The zero-order chi connectivity index (χ0) is 10.8. The monoisotopic (exact) mass is 221 g/mol. The van der Waals surface area contributed by atoms with Crippen molar-refractivity contribution in [3.8, 4) is 5.69 Å². The van der Waals surface area contributed by atoms with Gasteiger partial charge in [0, 0.05) is 23.5 Å². The maximum Gasteiger partial charge on any atom is 0.491 e. The van der Waals surface area contributed by atoms with Gasteiger partial charge in [-0.05, 0) is 12.1 Å². The normalized spacial score (nSPS) is 10.3. The van der Waals surface area contributed by atoms with E-state index in [4.69, 9.17) is 21.6 Å². The summed E-state index contributed by atoms with van der Waals surface area (Å²) in [5.41, 5.74) is 1.23. The molecule has 0 spiro atoms. The topological polar surface area (TPSA) is 45.4 Å². The molecule has 0 amide bonds. The van der Waals surface area contributed by atoms with Gasteiger partial charge in [-0.15, -0.1) is 0 Å². The van der Waals surface area contributed by atoms with E-state index in [9.17, 15) is 0 Å². The number of hydrogen-bond donors (Lipinski definition) is 2. The van der Waals surface area contributed by atoms with Crippen LogP contribution >= 0.6 is 11.6 Å². The second-order valence-corrected chi connectivity index (χ2v) is 3.59. The molecule has 15 heavy (non-hydrogen) atoms. The summed E-state index contributed by atoms with van der Waals surface area (Å²) in [5, 5.41) is 18.4. The molecule has 3 nitrogen and oxygen atoms in total. The molecule has 0 atom stereocenters. The van der Waals surface area contributed by atoms with Crippen LogP contribution in [0.15, 0.2) is 42.7 Å². The number of aromatic nitrogens is 1. The molecule has 0 aliphatic heterocycles. The molecule has 0 bridgehead atoms. The van der Waals surface area contributed by atoms with Crippen LogP contribution in [0, 0.1) is 0 Å². The van der Waals surface area contributed by atoms with Crippen LogP contribution in [0.3, 0.4) is 0 Å². The first-order valence-electron chi connectivity index (χ1n) is 4.47. The number of para-hydroxylation sites is 1. The molecule has 1 aromatic heterocycles. The molecule has 0 radical (unpaired) electrons. The molecule has 76 valence electrons. The van der Waals surface area contributed by atoms with Gasteiger partial charge >= 0.3 is 7.12 Å². The Morgan fingerprint density at radius 2 is 1.73 bits per heavy atom. The molecule has 0 unspecified atom stereocenters. The average Bonchev–Trinajstić information content (AvgIpc) is 2.62. The quantitative estimate of drug-likeness (QED) is 0.737. The van der Waals surface area contributed by atoms with Gasteiger partial charge in [-0.25, -0.2) is 0 Å². The first-order valence-corrected chi connectivity index (χ1v) is 4.85. The molecule has 0 aliphatic rings. The number of benzene rings is 1. The number of rotatable bonds is 2. The van der Waals surface area contributed by atoms with E-state index in [1.165, 1.54) is 0 Å². The van der Waals surface area contributed by atoms with Gasteiger partial charge < -0.3 is 14.6 Å². The van der Waals surface area contributed by atoms with Gasteiger partial charge in [0.15, 0.2) is 0 Å². The molecule has 0 saturated carbocycles. The standard InChI is InChI=1S/C10H9BClNO2/c12-10-7-13(6-9(10)11(14)15)8-4-2-1-3-5-8/h1-7,14-15H. The molecule has 2 rings (SSSR count). The van der Waals surface area contributed by atoms with Crippen molar-refractivity contribution in [2.45, 2.75) is 0 Å². The fourth-order valence-electron chi connectivity index (χ4n) is 1.38. The second-order valence-electron chi connectivity index (χ2n) is 3.18. The van der Waals surface area contributed by atoms with Gasteiger partial charge in [-0.3, -0.25) is 0 Å². The lowest BCUT2D eigenvalue weighted by Crippen LogP contribution is -2.29. The van der Waals surface area contributed by atoms with E-state index >= 15 is 0 Å². The zero-order valence-corrected chi connectivity index (χ0v) is 8.59. The molecule has 2 N–H and O–H groups in total. The van der Waals surface area contributed by atoms with Gasteiger partial charge in [0.25, 0.3) is 0 Å². The molecule has 5 heteroatoms. The van der Waals surface area contributed by atoms with Crippen LogP contribution in [-0.2, 0) is 0 Å². The van der Waals surface area contributed by atoms with Gasteiger partial charge in [-0.2, -0.15) is 0 Å². The van der Waals surface area contributed by atoms with Crippen LogP contribution in [0.25, 0.3) is 5.69 Å². The summed E-state index contributed by atoms with van der Waals surface area (Å²) in [4.78, 5) is 0. The fourth-order valence-corrected chi connectivity index (χ4v) is 1.64. The molecule has 1 aromatic carbocycles. The molecule has 0 aliphatic carbocycles. The van der Waals surface area contributed by atoms with Gasteiger partial charge in [0.1, 0.15) is 0 Å². The molecule has 0 saturated heterocycles. The van der Waals surface area contributed by atoms with E-state index < -0.39 is 7.12 Å². The Hall–Kier alpha value is -1.23. The third-order valence-electron chi connectivity index (χ3n) is 2.14. The van der Waals surface area contributed by atoms with Crippen molar-refractivity contribution in [1.29, 1.82) is 0 Å². The Kier molecular flexibility index (Phi) is 2.82. The Morgan fingerprint density at radius 3 is 2.27 bits per heavy atom. The van der Waals surface area contributed by atoms with E-state index in [2.05, 4.69) is 0 Å². The summed E-state index contributed by atoms with van der Waals surface area (Å²) >= 11 is 5.85. The lowest BCUT2D eigenvalue weighted by molar-refractivity contribution is 0.426. The van der Waals surface area contributed by atoms with Crippen LogP contribution in [0.4, 0.5) is 0 Å². The predicted octanol–water partition coefficient (Wildman–Crippen LogP) is 0.810. The van der Waals surface area contributed by atoms with Crippen LogP contribution in [0.2, 0.25) is 5.02 Å². The highest BCUT2D eigenvalue weighted by atomic mass is 35.5. The SMILES string of the molecule is OB(O)c1cn(-c2ccccc2)cc1Cl. The average molecular weight is 221 g/mol. The lowest BCUT2D eigenvalue weighted by Gasteiger charge is -2.00. The third kappa shape index (κ3) is 2.07. The Bertz CT molecular complexity index is 456. The third-order valence-corrected chi connectivity index (χ3v) is 2.45. The molecule has 2 aromatic rings. The van der Waals surface area contributed by atoms with E-state index in [0.717, 1.165) is 5.69 Å². The highest BCUT2D eigenvalue weighted by Gasteiger charge is 2.17. The summed E-state index contributed by atoms with van der Waals surface area (Å²) in [6, 6.07) is 9.53. The summed E-state index contributed by atoms with van der Waals surface area (Å²) in [5.74, 6) is 0. The summed E-state index contributed by atoms with van der Waals surface area (Å²) < 4.78 is 1.75. The summed E-state index contributed by atoms with van der Waals surface area (Å²) in [6.45, 7) is 0. The molecular formula is C10H9BClNO2. The highest BCUT2D eigenvalue weighted by Crippen LogP contribution is 2.12. The van der Waals surface area contributed by atoms with E-state index in [-0.39, 0.29) is 0 Å². The highest BCUT2D eigenvalue weighted by molar-refractivity contribution is 6.62. The Balaban J connectivity index is 2.43. The van der Waals surface area contributed by atoms with Crippen molar-refractivity contribution in [1.82, 2.24) is 4.57 Å². The van der Waals surface area contributed by atoms with Crippen molar-refractivity contribution in [3.63, 3.8) is 0 Å². The van der Waals surface area contributed by atoms with Gasteiger partial charge in [0.2, 0.25) is 0 Å². The Labute approximate surface area is 92.7 Å². The smallest absolute Gasteiger partial charge is 0.423 e. The largest absolute Gasteiger partial charge is 0.491 e. The summed E-state index contributed by atoms with van der Waals surface area (Å²) in [7, 11) is -1.54. The fraction of sp³-hybridized carbons (Fsp3) is 0. The predicted molar refractivity (Wildman–Crippen MR) is 60.6 cm³/mol.